The molecule has 0 unspecified atom stereocenters. The van der Waals surface area contributed by atoms with Crippen LogP contribution in [-0.4, -0.2) is 72.0 Å². The number of aromatic nitrogens is 2. The summed E-state index contributed by atoms with van der Waals surface area (Å²) < 4.78 is 6.01. The molecule has 0 amide bonds. The van der Waals surface area contributed by atoms with Crippen LogP contribution in [0.4, 0.5) is 0 Å². The van der Waals surface area contributed by atoms with Crippen molar-refractivity contribution in [2.75, 3.05) is 45.9 Å². The maximum atomic E-state index is 6.01. The van der Waals surface area contributed by atoms with E-state index in [9.17, 15) is 0 Å². The smallest absolute Gasteiger partial charge is 0.0829 e. The highest BCUT2D eigenvalue weighted by Gasteiger charge is 2.27. The number of piperidine rings is 1. The minimum atomic E-state index is 0.369. The molecule has 0 spiro atoms. The molecule has 0 aromatic carbocycles. The second-order valence-electron chi connectivity index (χ2n) is 7.26. The zero-order valence-corrected chi connectivity index (χ0v) is 14.0. The lowest BCUT2D eigenvalue weighted by molar-refractivity contribution is -0.0487. The lowest BCUT2D eigenvalue weighted by Crippen LogP contribution is -2.49. The summed E-state index contributed by atoms with van der Waals surface area (Å²) in [6.07, 6.45) is 4.77. The fourth-order valence-electron chi connectivity index (χ4n) is 3.83. The van der Waals surface area contributed by atoms with Crippen molar-refractivity contribution in [2.45, 2.75) is 38.7 Å². The van der Waals surface area contributed by atoms with E-state index in [-0.39, 0.29) is 0 Å². The van der Waals surface area contributed by atoms with Crippen LogP contribution < -0.4 is 0 Å². The molecular weight excluding hydrogens is 276 g/mol. The van der Waals surface area contributed by atoms with Crippen LogP contribution in [-0.2, 0) is 4.74 Å². The average Bonchev–Trinajstić information content (AvgIpc) is 3.01. The first-order valence-corrected chi connectivity index (χ1v) is 8.76. The molecule has 3 rings (SSSR count). The van der Waals surface area contributed by atoms with Gasteiger partial charge in [-0.25, -0.2) is 0 Å². The number of ether oxygens (including phenoxy) is 1. The predicted octanol–water partition coefficient (Wildman–Crippen LogP) is 1.95. The van der Waals surface area contributed by atoms with E-state index < -0.39 is 0 Å². The van der Waals surface area contributed by atoms with Crippen molar-refractivity contribution in [1.82, 2.24) is 20.0 Å². The lowest BCUT2D eigenvalue weighted by Gasteiger charge is -2.38. The molecule has 3 heterocycles. The van der Waals surface area contributed by atoms with Crippen molar-refractivity contribution in [3.63, 3.8) is 0 Å². The Bertz CT molecular complexity index is 434. The van der Waals surface area contributed by atoms with Gasteiger partial charge in [-0.05, 0) is 31.4 Å². The van der Waals surface area contributed by atoms with Gasteiger partial charge >= 0.3 is 0 Å². The molecule has 5 nitrogen and oxygen atoms in total. The molecule has 0 aliphatic carbocycles. The number of hydrogen-bond donors (Lipinski definition) is 1. The third-order valence-corrected chi connectivity index (χ3v) is 4.78. The van der Waals surface area contributed by atoms with Gasteiger partial charge in [-0.15, -0.1) is 0 Å². The Balaban J connectivity index is 1.49. The standard InChI is InChI=1S/C17H30N4O/c1-14(2)10-21-8-9-22-16(13-21)12-20-7-3-4-15(11-20)17-5-6-18-19-17/h5-6,14-16H,3-4,7-13H2,1-2H3,(H,18,19)/t15-,16+/m1/s1. The fraction of sp³-hybridized carbons (Fsp3) is 0.824. The second-order valence-corrected chi connectivity index (χ2v) is 7.26. The van der Waals surface area contributed by atoms with Crippen LogP contribution in [0, 0.1) is 5.92 Å². The monoisotopic (exact) mass is 306 g/mol. The zero-order valence-electron chi connectivity index (χ0n) is 14.0. The van der Waals surface area contributed by atoms with Crippen molar-refractivity contribution >= 4 is 0 Å². The average molecular weight is 306 g/mol. The predicted molar refractivity (Wildman–Crippen MR) is 88.0 cm³/mol. The fourth-order valence-corrected chi connectivity index (χ4v) is 3.83. The molecule has 2 aliphatic heterocycles. The minimum Gasteiger partial charge on any atom is -0.374 e. The number of nitrogens with one attached hydrogen (secondary N) is 1. The lowest BCUT2D eigenvalue weighted by atomic mass is 9.94. The molecule has 0 saturated carbocycles. The first kappa shape index (κ1) is 16.0. The van der Waals surface area contributed by atoms with Gasteiger partial charge in [0.05, 0.1) is 12.7 Å². The van der Waals surface area contributed by atoms with Crippen molar-refractivity contribution in [3.05, 3.63) is 18.0 Å². The van der Waals surface area contributed by atoms with Gasteiger partial charge in [-0.2, -0.15) is 5.10 Å². The molecule has 0 radical (unpaired) electrons. The highest BCUT2D eigenvalue weighted by atomic mass is 16.5. The molecular formula is C17H30N4O. The summed E-state index contributed by atoms with van der Waals surface area (Å²) in [5.74, 6) is 1.34. The molecule has 124 valence electrons. The molecule has 1 aromatic rings. The van der Waals surface area contributed by atoms with E-state index in [0.29, 0.717) is 12.0 Å². The Hall–Kier alpha value is -0.910. The Morgan fingerprint density at radius 1 is 1.32 bits per heavy atom. The number of rotatable bonds is 5. The van der Waals surface area contributed by atoms with Gasteiger partial charge in [0.15, 0.2) is 0 Å². The topological polar surface area (TPSA) is 44.4 Å². The summed E-state index contributed by atoms with van der Waals surface area (Å²) in [6, 6.07) is 2.12. The zero-order chi connectivity index (χ0) is 15.4. The highest BCUT2D eigenvalue weighted by molar-refractivity contribution is 5.07. The second kappa shape index (κ2) is 7.57. The van der Waals surface area contributed by atoms with E-state index in [0.717, 1.165) is 38.7 Å². The van der Waals surface area contributed by atoms with Gasteiger partial charge in [0.1, 0.15) is 0 Å². The Kier molecular flexibility index (Phi) is 5.50. The Morgan fingerprint density at radius 2 is 2.23 bits per heavy atom. The van der Waals surface area contributed by atoms with E-state index in [4.69, 9.17) is 4.74 Å². The van der Waals surface area contributed by atoms with Crippen LogP contribution in [0.3, 0.4) is 0 Å². The first-order chi connectivity index (χ1) is 10.7. The van der Waals surface area contributed by atoms with Gasteiger partial charge in [-0.3, -0.25) is 10.00 Å². The van der Waals surface area contributed by atoms with E-state index in [2.05, 4.69) is 39.9 Å². The highest BCUT2D eigenvalue weighted by Crippen LogP contribution is 2.25. The normalized spacial score (nSPS) is 28.3. The van der Waals surface area contributed by atoms with E-state index in [1.165, 1.54) is 31.6 Å². The molecule has 2 aliphatic rings. The molecule has 1 aromatic heterocycles. The summed E-state index contributed by atoms with van der Waals surface area (Å²) in [4.78, 5) is 5.15. The van der Waals surface area contributed by atoms with E-state index in [1.807, 2.05) is 6.20 Å². The molecule has 2 atom stereocenters. The van der Waals surface area contributed by atoms with Crippen LogP contribution in [0.2, 0.25) is 0 Å². The van der Waals surface area contributed by atoms with Gasteiger partial charge in [-0.1, -0.05) is 13.8 Å². The van der Waals surface area contributed by atoms with Gasteiger partial charge in [0, 0.05) is 50.5 Å². The van der Waals surface area contributed by atoms with Crippen LogP contribution in [0.1, 0.15) is 38.3 Å². The van der Waals surface area contributed by atoms with Crippen LogP contribution in [0.25, 0.3) is 0 Å². The summed E-state index contributed by atoms with van der Waals surface area (Å²) in [6.45, 7) is 12.2. The summed E-state index contributed by atoms with van der Waals surface area (Å²) >= 11 is 0. The van der Waals surface area contributed by atoms with Crippen molar-refractivity contribution < 1.29 is 4.74 Å². The van der Waals surface area contributed by atoms with E-state index >= 15 is 0 Å². The summed E-state index contributed by atoms with van der Waals surface area (Å²) in [5.41, 5.74) is 1.29. The first-order valence-electron chi connectivity index (χ1n) is 8.76. The number of hydrogen-bond acceptors (Lipinski definition) is 4. The molecule has 22 heavy (non-hydrogen) atoms. The number of aromatic amines is 1. The summed E-state index contributed by atoms with van der Waals surface area (Å²) in [7, 11) is 0. The third-order valence-electron chi connectivity index (χ3n) is 4.78. The Morgan fingerprint density at radius 3 is 3.00 bits per heavy atom. The van der Waals surface area contributed by atoms with E-state index in [1.54, 1.807) is 0 Å². The van der Waals surface area contributed by atoms with Crippen LogP contribution in [0.5, 0.6) is 0 Å². The number of nitrogens with zero attached hydrogens (tertiary/aromatic N) is 3. The molecule has 1 N–H and O–H groups in total. The number of H-pyrrole nitrogens is 1. The van der Waals surface area contributed by atoms with Gasteiger partial charge in [0.25, 0.3) is 0 Å². The molecule has 2 saturated heterocycles. The molecule has 0 bridgehead atoms. The summed E-state index contributed by atoms with van der Waals surface area (Å²) in [5, 5.41) is 7.24. The SMILES string of the molecule is CC(C)CN1CCO[C@@H](CN2CCC[C@@H](c3ccn[nH]3)C2)C1. The maximum Gasteiger partial charge on any atom is 0.0829 e. The van der Waals surface area contributed by atoms with Gasteiger partial charge < -0.3 is 9.64 Å². The van der Waals surface area contributed by atoms with Gasteiger partial charge in [0.2, 0.25) is 0 Å². The molecule has 2 fully saturated rings. The molecule has 5 heteroatoms. The van der Waals surface area contributed by atoms with Crippen molar-refractivity contribution in [1.29, 1.82) is 0 Å². The van der Waals surface area contributed by atoms with Crippen LogP contribution in [0.15, 0.2) is 12.3 Å². The third kappa shape index (κ3) is 4.31. The van der Waals surface area contributed by atoms with Crippen molar-refractivity contribution in [2.24, 2.45) is 5.92 Å². The van der Waals surface area contributed by atoms with Crippen LogP contribution >= 0.6 is 0 Å². The number of likely N-dealkylation sites (tertiary alicyclic amines) is 1. The van der Waals surface area contributed by atoms with Crippen molar-refractivity contribution in [3.8, 4) is 0 Å². The Labute approximate surface area is 134 Å². The minimum absolute atomic E-state index is 0.369. The maximum absolute atomic E-state index is 6.01. The quantitative estimate of drug-likeness (QED) is 0.903. The number of morpholine rings is 1. The largest absolute Gasteiger partial charge is 0.374 e.